The van der Waals surface area contributed by atoms with Gasteiger partial charge in [-0.15, -0.1) is 0 Å². The van der Waals surface area contributed by atoms with E-state index in [1.165, 1.54) is 0 Å². The van der Waals surface area contributed by atoms with Crippen LogP contribution in [-0.4, -0.2) is 6.98 Å². The number of rotatable bonds is 4. The molecular formula is C6H11BF3K. The molecule has 0 heterocycles. The molecular weight excluding hydrogens is 179 g/mol. The Kier molecular flexibility index (Phi) is 5.99. The van der Waals surface area contributed by atoms with Crippen molar-refractivity contribution < 1.29 is 64.3 Å². The first-order chi connectivity index (χ1) is 4.58. The molecule has 0 radical (unpaired) electrons. The molecule has 0 aromatic heterocycles. The molecule has 0 nitrogen and oxygen atoms in total. The minimum Gasteiger partial charge on any atom is -0.449 e. The van der Waals surface area contributed by atoms with Crippen LogP contribution < -0.4 is 51.4 Å². The van der Waals surface area contributed by atoms with E-state index in [0.29, 0.717) is 12.3 Å². The van der Waals surface area contributed by atoms with E-state index in [2.05, 4.69) is 0 Å². The van der Waals surface area contributed by atoms with Crippen LogP contribution in [0.25, 0.3) is 0 Å². The summed E-state index contributed by atoms with van der Waals surface area (Å²) in [7, 11) is 0. The molecule has 0 unspecified atom stereocenters. The third-order valence-electron chi connectivity index (χ3n) is 1.84. The van der Waals surface area contributed by atoms with Crippen LogP contribution >= 0.6 is 0 Å². The molecule has 1 fully saturated rings. The van der Waals surface area contributed by atoms with E-state index in [9.17, 15) is 12.9 Å². The van der Waals surface area contributed by atoms with Crippen LogP contribution in [0.1, 0.15) is 25.7 Å². The van der Waals surface area contributed by atoms with Gasteiger partial charge in [-0.05, 0) is 5.92 Å². The summed E-state index contributed by atoms with van der Waals surface area (Å²) in [4.78, 5) is 0. The van der Waals surface area contributed by atoms with Crippen molar-refractivity contribution in [3.8, 4) is 0 Å². The smallest absolute Gasteiger partial charge is 0.449 e. The third kappa shape index (κ3) is 7.84. The molecule has 0 aromatic rings. The number of hydrogen-bond acceptors (Lipinski definition) is 0. The van der Waals surface area contributed by atoms with E-state index in [1.54, 1.807) is 0 Å². The molecule has 0 bridgehead atoms. The summed E-state index contributed by atoms with van der Waals surface area (Å²) in [5.41, 5.74) is 0. The maximum Gasteiger partial charge on any atom is 1.00 e. The Morgan fingerprint density at radius 2 is 1.73 bits per heavy atom. The largest absolute Gasteiger partial charge is 1.00 e. The van der Waals surface area contributed by atoms with Crippen molar-refractivity contribution in [3.63, 3.8) is 0 Å². The zero-order chi connectivity index (χ0) is 7.61. The molecule has 5 heteroatoms. The van der Waals surface area contributed by atoms with Crippen molar-refractivity contribution in [2.75, 3.05) is 0 Å². The quantitative estimate of drug-likeness (QED) is 0.548. The fraction of sp³-hybridized carbons (Fsp3) is 1.00. The zero-order valence-electron chi connectivity index (χ0n) is 6.82. The predicted molar refractivity (Wildman–Crippen MR) is 35.8 cm³/mol. The average molecular weight is 190 g/mol. The summed E-state index contributed by atoms with van der Waals surface area (Å²) >= 11 is 0. The van der Waals surface area contributed by atoms with E-state index in [4.69, 9.17) is 0 Å². The Labute approximate surface area is 108 Å². The van der Waals surface area contributed by atoms with Crippen LogP contribution in [-0.2, 0) is 0 Å². The van der Waals surface area contributed by atoms with Gasteiger partial charge in [-0.3, -0.25) is 0 Å². The van der Waals surface area contributed by atoms with E-state index in [-0.39, 0.29) is 51.4 Å². The summed E-state index contributed by atoms with van der Waals surface area (Å²) in [6.07, 6.45) is 2.93. The van der Waals surface area contributed by atoms with E-state index in [1.807, 2.05) is 0 Å². The van der Waals surface area contributed by atoms with Gasteiger partial charge in [0.25, 0.3) is 0 Å². The van der Waals surface area contributed by atoms with Crippen molar-refractivity contribution >= 4 is 6.98 Å². The Morgan fingerprint density at radius 3 is 2.09 bits per heavy atom. The maximum atomic E-state index is 11.6. The molecule has 60 valence electrons. The van der Waals surface area contributed by atoms with Gasteiger partial charge in [-0.2, -0.15) is 0 Å². The van der Waals surface area contributed by atoms with Gasteiger partial charge in [0.1, 0.15) is 0 Å². The summed E-state index contributed by atoms with van der Waals surface area (Å²) < 4.78 is 34.8. The summed E-state index contributed by atoms with van der Waals surface area (Å²) in [6, 6.07) is 0. The summed E-state index contributed by atoms with van der Waals surface area (Å²) in [6.45, 7) is -4.50. The Hall–Kier alpha value is 1.49. The van der Waals surface area contributed by atoms with Crippen molar-refractivity contribution in [1.82, 2.24) is 0 Å². The van der Waals surface area contributed by atoms with E-state index >= 15 is 0 Å². The minimum absolute atomic E-state index is 0. The normalized spacial score (nSPS) is 17.7. The standard InChI is InChI=1S/C6H11BF3.K/c8-7(9,10)5-1-2-6-3-4-6;/h6H,1-5H2;/q-1;+1. The van der Waals surface area contributed by atoms with Crippen LogP contribution in [0.15, 0.2) is 0 Å². The third-order valence-corrected chi connectivity index (χ3v) is 1.84. The fourth-order valence-electron chi connectivity index (χ4n) is 1.04. The second-order valence-electron chi connectivity index (χ2n) is 3.08. The van der Waals surface area contributed by atoms with Crippen LogP contribution in [0.3, 0.4) is 0 Å². The molecule has 0 N–H and O–H groups in total. The molecule has 1 aliphatic carbocycles. The first kappa shape index (κ1) is 12.5. The predicted octanol–water partition coefficient (Wildman–Crippen LogP) is 0.0280. The average Bonchev–Trinajstić information content (AvgIpc) is 2.45. The first-order valence-electron chi connectivity index (χ1n) is 3.79. The SMILES string of the molecule is F[B-](F)(F)CCCC1CC1.[K+]. The molecule has 1 rings (SSSR count). The van der Waals surface area contributed by atoms with Gasteiger partial charge in [0.15, 0.2) is 0 Å². The second-order valence-corrected chi connectivity index (χ2v) is 3.08. The molecule has 1 saturated carbocycles. The molecule has 11 heavy (non-hydrogen) atoms. The molecule has 0 aromatic carbocycles. The molecule has 0 saturated heterocycles. The van der Waals surface area contributed by atoms with Gasteiger partial charge in [0, 0.05) is 0 Å². The van der Waals surface area contributed by atoms with E-state index in [0.717, 1.165) is 19.3 Å². The maximum absolute atomic E-state index is 11.6. The van der Waals surface area contributed by atoms with Crippen molar-refractivity contribution in [1.29, 1.82) is 0 Å². The number of halogens is 3. The summed E-state index contributed by atoms with van der Waals surface area (Å²) in [5, 5.41) is 0. The Bertz CT molecular complexity index is 111. The monoisotopic (exact) mass is 190 g/mol. The first-order valence-corrected chi connectivity index (χ1v) is 3.79. The van der Waals surface area contributed by atoms with Crippen LogP contribution in [0.4, 0.5) is 12.9 Å². The minimum atomic E-state index is -4.50. The van der Waals surface area contributed by atoms with Gasteiger partial charge < -0.3 is 12.9 Å². The van der Waals surface area contributed by atoms with Crippen molar-refractivity contribution in [2.24, 2.45) is 5.92 Å². The van der Waals surface area contributed by atoms with Crippen LogP contribution in [0, 0.1) is 5.92 Å². The molecule has 0 spiro atoms. The van der Waals surface area contributed by atoms with Gasteiger partial charge in [0.05, 0.1) is 0 Å². The zero-order valence-corrected chi connectivity index (χ0v) is 9.95. The molecule has 0 amide bonds. The van der Waals surface area contributed by atoms with Crippen molar-refractivity contribution in [2.45, 2.75) is 32.0 Å². The van der Waals surface area contributed by atoms with Gasteiger partial charge in [-0.25, -0.2) is 0 Å². The van der Waals surface area contributed by atoms with Crippen molar-refractivity contribution in [3.05, 3.63) is 0 Å². The van der Waals surface area contributed by atoms with Gasteiger partial charge in [-0.1, -0.05) is 32.0 Å². The topological polar surface area (TPSA) is 0 Å². The van der Waals surface area contributed by atoms with E-state index < -0.39 is 13.3 Å². The molecule has 0 aliphatic heterocycles. The molecule has 1 aliphatic rings. The van der Waals surface area contributed by atoms with Gasteiger partial charge in [0.2, 0.25) is 0 Å². The fourth-order valence-corrected chi connectivity index (χ4v) is 1.04. The summed E-state index contributed by atoms with van der Waals surface area (Å²) in [5.74, 6) is 0.637. The van der Waals surface area contributed by atoms with Gasteiger partial charge >= 0.3 is 58.4 Å². The Morgan fingerprint density at radius 1 is 1.18 bits per heavy atom. The second kappa shape index (κ2) is 5.27. The van der Waals surface area contributed by atoms with Crippen LogP contribution in [0.2, 0.25) is 6.32 Å². The Balaban J connectivity index is 0.000001000. The van der Waals surface area contributed by atoms with Crippen LogP contribution in [0.5, 0.6) is 0 Å². The molecule has 0 atom stereocenters. The number of hydrogen-bond donors (Lipinski definition) is 0.